The second-order valence-corrected chi connectivity index (χ2v) is 14.8. The number of benzene rings is 3. The van der Waals surface area contributed by atoms with E-state index in [-0.39, 0.29) is 29.7 Å². The molecule has 0 aliphatic carbocycles. The molecule has 12 heteroatoms. The van der Waals surface area contributed by atoms with Crippen LogP contribution >= 0.6 is 0 Å². The van der Waals surface area contributed by atoms with Crippen LogP contribution in [0.2, 0.25) is 0 Å². The molecule has 3 atom stereocenters. The minimum absolute atomic E-state index is 0.0145. The second kappa shape index (κ2) is 14.3. The van der Waals surface area contributed by atoms with Crippen LogP contribution in [-0.4, -0.2) is 80.5 Å². The smallest absolute Gasteiger partial charge is 0.407 e. The third-order valence-corrected chi connectivity index (χ3v) is 10.7. The Bertz CT molecular complexity index is 2120. The number of ether oxygens (including phenoxy) is 1. The molecule has 3 N–H and O–H groups in total. The second-order valence-electron chi connectivity index (χ2n) is 14.8. The molecule has 5 aromatic rings. The van der Waals surface area contributed by atoms with Gasteiger partial charge in [-0.05, 0) is 77.3 Å². The molecule has 3 amide bonds. The number of rotatable bonds is 9. The van der Waals surface area contributed by atoms with Gasteiger partial charge in [0.2, 0.25) is 11.9 Å². The number of alkyl carbamates (subject to hydrolysis) is 1. The van der Waals surface area contributed by atoms with Gasteiger partial charge in [-0.15, -0.1) is 0 Å². The van der Waals surface area contributed by atoms with Crippen LogP contribution in [0.1, 0.15) is 65.7 Å². The summed E-state index contributed by atoms with van der Waals surface area (Å²) >= 11 is 0. The lowest BCUT2D eigenvalue weighted by Crippen LogP contribution is -2.54. The third kappa shape index (κ3) is 6.69. The van der Waals surface area contributed by atoms with Crippen molar-refractivity contribution in [1.82, 2.24) is 35.2 Å². The molecule has 0 unspecified atom stereocenters. The van der Waals surface area contributed by atoms with Crippen LogP contribution in [0.25, 0.3) is 44.2 Å². The number of anilines is 1. The summed E-state index contributed by atoms with van der Waals surface area (Å²) in [5.74, 6) is 1.61. The molecule has 0 spiro atoms. The molecular formula is C40H48N8O4. The van der Waals surface area contributed by atoms with E-state index >= 15 is 0 Å². The van der Waals surface area contributed by atoms with Gasteiger partial charge >= 0.3 is 6.09 Å². The first-order chi connectivity index (χ1) is 25.0. The summed E-state index contributed by atoms with van der Waals surface area (Å²) in [7, 11) is 1.29. The Hall–Kier alpha value is -5.39. The zero-order valence-electron chi connectivity index (χ0n) is 30.8. The number of hydrogen-bond acceptors (Lipinski definition) is 7. The van der Waals surface area contributed by atoms with Gasteiger partial charge in [0.25, 0.3) is 5.91 Å². The summed E-state index contributed by atoms with van der Waals surface area (Å²) in [5.41, 5.74) is 5.78. The Balaban J connectivity index is 1.09. The fraction of sp³-hybridized carbons (Fsp3) is 0.425. The van der Waals surface area contributed by atoms with Crippen LogP contribution in [-0.2, 0) is 14.3 Å². The van der Waals surface area contributed by atoms with Gasteiger partial charge in [0.05, 0.1) is 36.1 Å². The topological polar surface area (TPSA) is 140 Å². The number of H-pyrrole nitrogens is 2. The van der Waals surface area contributed by atoms with Crippen molar-refractivity contribution in [2.75, 3.05) is 31.8 Å². The number of amides is 3. The first-order valence-corrected chi connectivity index (χ1v) is 18.4. The maximum absolute atomic E-state index is 13.6. The molecule has 2 aliphatic heterocycles. The summed E-state index contributed by atoms with van der Waals surface area (Å²) in [6.07, 6.45) is 3.94. The minimum atomic E-state index is -0.719. The monoisotopic (exact) mass is 704 g/mol. The lowest BCUT2D eigenvalue weighted by molar-refractivity contribution is -0.137. The highest BCUT2D eigenvalue weighted by atomic mass is 16.5. The predicted molar refractivity (Wildman–Crippen MR) is 202 cm³/mol. The molecule has 0 radical (unpaired) electrons. The van der Waals surface area contributed by atoms with Gasteiger partial charge in [0, 0.05) is 31.1 Å². The lowest BCUT2D eigenvalue weighted by atomic mass is 9.96. The molecular weight excluding hydrogens is 656 g/mol. The molecule has 2 aromatic heterocycles. The number of aromatic nitrogens is 4. The van der Waals surface area contributed by atoms with E-state index < -0.39 is 12.1 Å². The van der Waals surface area contributed by atoms with Gasteiger partial charge in [-0.25, -0.2) is 19.8 Å². The molecule has 7 rings (SSSR count). The predicted octanol–water partition coefficient (Wildman–Crippen LogP) is 7.06. The first kappa shape index (κ1) is 35.0. The van der Waals surface area contributed by atoms with Gasteiger partial charge in [0.1, 0.15) is 11.9 Å². The summed E-state index contributed by atoms with van der Waals surface area (Å²) in [4.78, 5) is 57.3. The Morgan fingerprint density at radius 3 is 2.27 bits per heavy atom. The van der Waals surface area contributed by atoms with Crippen LogP contribution in [0.3, 0.4) is 0 Å². The molecule has 2 aliphatic rings. The summed E-state index contributed by atoms with van der Waals surface area (Å²) < 4.78 is 4.76. The number of carbonyl (C=O) groups excluding carboxylic acids is 3. The van der Waals surface area contributed by atoms with E-state index in [4.69, 9.17) is 14.7 Å². The maximum atomic E-state index is 13.6. The molecule has 0 bridgehead atoms. The van der Waals surface area contributed by atoms with E-state index in [0.717, 1.165) is 75.8 Å². The highest BCUT2D eigenvalue weighted by molar-refractivity contribution is 5.92. The number of nitrogens with zero attached hydrogens (tertiary/aromatic N) is 5. The zero-order valence-corrected chi connectivity index (χ0v) is 30.8. The summed E-state index contributed by atoms with van der Waals surface area (Å²) in [6.45, 7) is 11.9. The molecule has 2 fully saturated rings. The average molecular weight is 705 g/mol. The molecule has 4 heterocycles. The average Bonchev–Trinajstić information content (AvgIpc) is 3.97. The van der Waals surface area contributed by atoms with Gasteiger partial charge < -0.3 is 24.9 Å². The van der Waals surface area contributed by atoms with Crippen LogP contribution < -0.4 is 10.3 Å². The Kier molecular flexibility index (Phi) is 9.65. The normalized spacial score (nSPS) is 17.5. The highest BCUT2D eigenvalue weighted by Gasteiger charge is 2.37. The van der Waals surface area contributed by atoms with Crippen LogP contribution in [0, 0.1) is 17.8 Å². The number of aromatic amines is 2. The summed E-state index contributed by atoms with van der Waals surface area (Å²) in [5, 5.41) is 8.45. The molecule has 12 nitrogen and oxygen atoms in total. The molecule has 272 valence electrons. The minimum Gasteiger partial charge on any atom is -0.453 e. The maximum Gasteiger partial charge on any atom is 0.407 e. The van der Waals surface area contributed by atoms with Crippen molar-refractivity contribution in [1.29, 1.82) is 0 Å². The molecule has 2 saturated heterocycles. The number of fused-ring (bicyclic) bond motifs is 2. The number of carbonyl (C=O) groups is 3. The van der Waals surface area contributed by atoms with Crippen molar-refractivity contribution >= 4 is 45.7 Å². The lowest BCUT2D eigenvalue weighted by Gasteiger charge is -2.32. The van der Waals surface area contributed by atoms with Crippen LogP contribution in [0.15, 0.2) is 60.8 Å². The van der Waals surface area contributed by atoms with E-state index in [1.165, 1.54) is 7.11 Å². The third-order valence-electron chi connectivity index (χ3n) is 10.7. The van der Waals surface area contributed by atoms with E-state index in [0.29, 0.717) is 25.0 Å². The number of hydrogen-bond donors (Lipinski definition) is 3. The Morgan fingerprint density at radius 2 is 1.54 bits per heavy atom. The van der Waals surface area contributed by atoms with Crippen molar-refractivity contribution in [3.63, 3.8) is 0 Å². The van der Waals surface area contributed by atoms with Crippen molar-refractivity contribution in [3.05, 3.63) is 66.6 Å². The van der Waals surface area contributed by atoms with Crippen molar-refractivity contribution < 1.29 is 19.1 Å². The van der Waals surface area contributed by atoms with Gasteiger partial charge in [-0.2, -0.15) is 0 Å². The van der Waals surface area contributed by atoms with Gasteiger partial charge in [-0.3, -0.25) is 14.6 Å². The Morgan fingerprint density at radius 1 is 0.827 bits per heavy atom. The van der Waals surface area contributed by atoms with Gasteiger partial charge in [-0.1, -0.05) is 65.0 Å². The number of imidazole rings is 2. The van der Waals surface area contributed by atoms with Crippen molar-refractivity contribution in [3.8, 4) is 22.4 Å². The van der Waals surface area contributed by atoms with Crippen LogP contribution in [0.4, 0.5) is 10.7 Å². The molecule has 0 saturated carbocycles. The largest absolute Gasteiger partial charge is 0.453 e. The number of likely N-dealkylation sites (tertiary alicyclic amines) is 1. The van der Waals surface area contributed by atoms with E-state index in [9.17, 15) is 14.4 Å². The fourth-order valence-electron chi connectivity index (χ4n) is 7.33. The molecule has 52 heavy (non-hydrogen) atoms. The molecule has 3 aromatic carbocycles. The number of hydrazine groups is 1. The van der Waals surface area contributed by atoms with Crippen LogP contribution in [0.5, 0.6) is 0 Å². The fourth-order valence-corrected chi connectivity index (χ4v) is 7.33. The summed E-state index contributed by atoms with van der Waals surface area (Å²) in [6, 6.07) is 18.3. The SMILES string of the molecule is COC(=O)N[C@H](C(=O)N1CCCN1c1nc2ccc(-c3ccc4cc(-c5cnc([C@@H]6CCCN6C(=O)[C@@H](C)C(C)C)[nH]5)ccc4c3)cc2[nH]1)C(C)C. The number of methoxy groups -OCH3 is 1. The number of nitrogens with one attached hydrogen (secondary N) is 3. The standard InChI is InChI=1S/C40H48N8O4/c1-23(2)25(5)37(49)46-16-7-9-34(46)36-41-22-33(42-36)30-13-12-26-19-27(10-11-28(26)20-30)29-14-15-31-32(21-29)44-39(43-31)48-18-8-17-47(48)38(50)35(24(3)4)45-40(51)52-6/h10-15,19-25,34-35H,7-9,16-18H2,1-6H3,(H,41,42)(H,43,44)(H,45,51)/t25-,34-,35-/m0/s1. The van der Waals surface area contributed by atoms with E-state index in [2.05, 4.69) is 77.7 Å². The quantitative estimate of drug-likeness (QED) is 0.149. The van der Waals surface area contributed by atoms with E-state index in [1.807, 2.05) is 42.9 Å². The van der Waals surface area contributed by atoms with Crippen molar-refractivity contribution in [2.24, 2.45) is 17.8 Å². The Labute approximate surface area is 303 Å². The highest BCUT2D eigenvalue weighted by Crippen LogP contribution is 2.35. The first-order valence-electron chi connectivity index (χ1n) is 18.4. The zero-order chi connectivity index (χ0) is 36.7. The van der Waals surface area contributed by atoms with Crippen molar-refractivity contribution in [2.45, 2.75) is 66.0 Å². The van der Waals surface area contributed by atoms with Gasteiger partial charge in [0.15, 0.2) is 0 Å². The van der Waals surface area contributed by atoms with E-state index in [1.54, 1.807) is 5.01 Å².